The molecule has 0 spiro atoms. The molecule has 0 aliphatic rings. The van der Waals surface area contributed by atoms with Gasteiger partial charge in [-0.1, -0.05) is 0 Å². The van der Waals surface area contributed by atoms with Crippen LogP contribution in [0.1, 0.15) is 6.92 Å². The molecule has 11 nitrogen and oxygen atoms in total. The van der Waals surface area contributed by atoms with Crippen LogP contribution in [0.2, 0.25) is 0 Å². The van der Waals surface area contributed by atoms with Crippen LogP contribution < -0.4 is 39.0 Å². The molecular formula is C5H16N10O. The molecule has 0 aliphatic heterocycles. The number of guanidine groups is 1. The number of nitrogens with zero attached hydrogens (tertiary/aromatic N) is 3. The zero-order valence-corrected chi connectivity index (χ0v) is 8.77. The summed E-state index contributed by atoms with van der Waals surface area (Å²) in [5.74, 6) is 4.72. The number of hydrazine groups is 2. The lowest BCUT2D eigenvalue weighted by molar-refractivity contribution is 0.232. The minimum atomic E-state index is -0.854. The summed E-state index contributed by atoms with van der Waals surface area (Å²) in [5, 5.41) is 10.7. The topological polar surface area (TPSA) is 180 Å². The van der Waals surface area contributed by atoms with Crippen molar-refractivity contribution in [2.75, 3.05) is 6.54 Å². The summed E-state index contributed by atoms with van der Waals surface area (Å²) in [7, 11) is 0. The summed E-state index contributed by atoms with van der Waals surface area (Å²) < 4.78 is 0. The Morgan fingerprint density at radius 1 is 1.50 bits per heavy atom. The van der Waals surface area contributed by atoms with Crippen molar-refractivity contribution in [3.05, 3.63) is 0 Å². The minimum absolute atomic E-state index is 0.0811. The molecule has 11 heteroatoms. The Kier molecular flexibility index (Phi) is 7.31. The molecule has 10 N–H and O–H groups in total. The van der Waals surface area contributed by atoms with Crippen LogP contribution >= 0.6 is 0 Å². The molecule has 0 radical (unpaired) electrons. The molecule has 2 amide bonds. The minimum Gasteiger partial charge on any atom is -0.365 e. The highest BCUT2D eigenvalue weighted by molar-refractivity contribution is 5.77. The fourth-order valence-corrected chi connectivity index (χ4v) is 0.513. The molecule has 0 rings (SSSR count). The molecule has 0 aromatic carbocycles. The maximum Gasteiger partial charge on any atom is 0.343 e. The number of rotatable bonds is 5. The van der Waals surface area contributed by atoms with E-state index in [4.69, 9.17) is 17.3 Å². The first-order valence-electron chi connectivity index (χ1n) is 4.34. The molecule has 0 aromatic heterocycles. The van der Waals surface area contributed by atoms with Gasteiger partial charge in [0.2, 0.25) is 0 Å². The summed E-state index contributed by atoms with van der Waals surface area (Å²) in [6.45, 7) is 2.30. The third-order valence-corrected chi connectivity index (χ3v) is 1.11. The van der Waals surface area contributed by atoms with Crippen LogP contribution in [0.3, 0.4) is 0 Å². The number of amides is 2. The monoisotopic (exact) mass is 232 g/mol. The number of hydrazone groups is 1. The molecule has 0 saturated heterocycles. The van der Waals surface area contributed by atoms with Gasteiger partial charge in [0.15, 0.2) is 6.29 Å². The highest BCUT2D eigenvalue weighted by Crippen LogP contribution is 1.75. The van der Waals surface area contributed by atoms with Crippen LogP contribution in [0.25, 0.3) is 0 Å². The van der Waals surface area contributed by atoms with E-state index in [-0.39, 0.29) is 5.96 Å². The van der Waals surface area contributed by atoms with Crippen molar-refractivity contribution in [3.8, 4) is 0 Å². The highest BCUT2D eigenvalue weighted by atomic mass is 16.2. The van der Waals surface area contributed by atoms with Gasteiger partial charge in [-0.15, -0.1) is 10.2 Å². The molecule has 0 heterocycles. The average Bonchev–Trinajstić information content (AvgIpc) is 2.30. The molecule has 92 valence electrons. The van der Waals surface area contributed by atoms with E-state index in [1.165, 1.54) is 0 Å². The summed E-state index contributed by atoms with van der Waals surface area (Å²) in [4.78, 5) is 10.6. The van der Waals surface area contributed by atoms with Gasteiger partial charge in [-0.3, -0.25) is 22.0 Å². The summed E-state index contributed by atoms with van der Waals surface area (Å²) >= 11 is 0. The summed E-state index contributed by atoms with van der Waals surface area (Å²) in [6.07, 6.45) is -0.854. The molecule has 0 aliphatic carbocycles. The second-order valence-electron chi connectivity index (χ2n) is 2.38. The van der Waals surface area contributed by atoms with Crippen molar-refractivity contribution >= 4 is 12.0 Å². The van der Waals surface area contributed by atoms with E-state index in [1.54, 1.807) is 6.92 Å². The van der Waals surface area contributed by atoms with Crippen LogP contribution in [0.5, 0.6) is 0 Å². The Labute approximate surface area is 91.8 Å². The average molecular weight is 232 g/mol. The molecule has 0 bridgehead atoms. The van der Waals surface area contributed by atoms with Gasteiger partial charge in [-0.25, -0.2) is 10.6 Å². The number of urea groups is 1. The van der Waals surface area contributed by atoms with E-state index in [0.29, 0.717) is 6.54 Å². The van der Waals surface area contributed by atoms with Crippen LogP contribution in [-0.2, 0) is 0 Å². The van der Waals surface area contributed by atoms with Crippen molar-refractivity contribution < 1.29 is 4.79 Å². The fraction of sp³-hybridized carbons (Fsp3) is 0.600. The van der Waals surface area contributed by atoms with E-state index >= 15 is 0 Å². The number of hydrogen-bond acceptors (Lipinski definition) is 7. The third-order valence-electron chi connectivity index (χ3n) is 1.11. The van der Waals surface area contributed by atoms with Crippen molar-refractivity contribution in [1.29, 1.82) is 0 Å². The van der Waals surface area contributed by atoms with Gasteiger partial charge >= 0.3 is 6.03 Å². The molecule has 0 aromatic rings. The zero-order valence-electron chi connectivity index (χ0n) is 8.77. The molecule has 0 fully saturated rings. The van der Waals surface area contributed by atoms with E-state index < -0.39 is 12.3 Å². The van der Waals surface area contributed by atoms with Crippen molar-refractivity contribution in [2.24, 2.45) is 32.6 Å². The lowest BCUT2D eigenvalue weighted by Gasteiger charge is -2.13. The Morgan fingerprint density at radius 3 is 2.75 bits per heavy atom. The number of carbonyl (C=O) groups excluding carboxylic acids is 1. The normalized spacial score (nSPS) is 13.6. The zero-order chi connectivity index (χ0) is 12.4. The van der Waals surface area contributed by atoms with E-state index in [0.717, 1.165) is 0 Å². The van der Waals surface area contributed by atoms with Gasteiger partial charge < -0.3 is 5.73 Å². The molecular weight excluding hydrogens is 216 g/mol. The Balaban J connectivity index is 3.83. The summed E-state index contributed by atoms with van der Waals surface area (Å²) in [5.41, 5.74) is 19.4. The van der Waals surface area contributed by atoms with Crippen LogP contribution in [-0.4, -0.2) is 24.8 Å². The third kappa shape index (κ3) is 7.43. The predicted molar refractivity (Wildman–Crippen MR) is 57.1 cm³/mol. The Bertz CT molecular complexity index is 262. The van der Waals surface area contributed by atoms with Gasteiger partial charge in [0.1, 0.15) is 0 Å². The summed E-state index contributed by atoms with van der Waals surface area (Å²) in [6, 6.07) is -0.653. The Morgan fingerprint density at radius 2 is 2.19 bits per heavy atom. The van der Waals surface area contributed by atoms with Crippen molar-refractivity contribution in [1.82, 2.24) is 21.7 Å². The molecule has 16 heavy (non-hydrogen) atoms. The van der Waals surface area contributed by atoms with E-state index in [1.807, 2.05) is 5.43 Å². The second kappa shape index (κ2) is 8.34. The second-order valence-corrected chi connectivity index (χ2v) is 2.38. The van der Waals surface area contributed by atoms with Crippen molar-refractivity contribution in [3.63, 3.8) is 0 Å². The Hall–Kier alpha value is -1.98. The van der Waals surface area contributed by atoms with Gasteiger partial charge in [0.25, 0.3) is 5.96 Å². The largest absolute Gasteiger partial charge is 0.365 e. The SMILES string of the molecule is CCN=NC(N)=NNC(N)NNC(=O)NN. The molecule has 0 saturated carbocycles. The molecule has 1 unspecified atom stereocenters. The van der Waals surface area contributed by atoms with Gasteiger partial charge in [-0.05, 0) is 6.92 Å². The van der Waals surface area contributed by atoms with Crippen molar-refractivity contribution in [2.45, 2.75) is 13.2 Å². The van der Waals surface area contributed by atoms with E-state index in [2.05, 4.69) is 31.6 Å². The number of azo groups is 1. The maximum atomic E-state index is 10.6. The first kappa shape index (κ1) is 14.0. The van der Waals surface area contributed by atoms with Crippen LogP contribution in [0.4, 0.5) is 4.79 Å². The standard InChI is InChI=1S/C5H16N10O/c1-2-9-11-3(6)12-13-4(7)14-15-5(16)10-8/h4,13-14H,2,7-8H2,1H3,(H2,6,12)(H2,10,15,16). The van der Waals surface area contributed by atoms with Crippen LogP contribution in [0.15, 0.2) is 15.3 Å². The highest BCUT2D eigenvalue weighted by Gasteiger charge is 2.00. The maximum absolute atomic E-state index is 10.6. The molecule has 1 atom stereocenters. The number of carbonyl (C=O) groups is 1. The van der Waals surface area contributed by atoms with Crippen LogP contribution in [0, 0.1) is 0 Å². The first-order chi connectivity index (χ1) is 7.60. The van der Waals surface area contributed by atoms with E-state index in [9.17, 15) is 4.79 Å². The lowest BCUT2D eigenvalue weighted by atomic mass is 10.8. The quantitative estimate of drug-likeness (QED) is 0.0511. The predicted octanol–water partition coefficient (Wildman–Crippen LogP) is -2.80. The smallest absolute Gasteiger partial charge is 0.343 e. The number of hydrogen-bond donors (Lipinski definition) is 7. The fourth-order valence-electron chi connectivity index (χ4n) is 0.513. The number of nitrogens with one attached hydrogen (secondary N) is 4. The number of nitrogens with two attached hydrogens (primary N) is 3. The lowest BCUT2D eigenvalue weighted by Crippen LogP contribution is -2.58. The first-order valence-corrected chi connectivity index (χ1v) is 4.34. The van der Waals surface area contributed by atoms with Gasteiger partial charge in [-0.2, -0.15) is 10.5 Å². The van der Waals surface area contributed by atoms with Gasteiger partial charge in [0.05, 0.1) is 6.54 Å². The van der Waals surface area contributed by atoms with Gasteiger partial charge in [0, 0.05) is 0 Å².